The number of hydrogen-bond donors (Lipinski definition) is 3. The summed E-state index contributed by atoms with van der Waals surface area (Å²) in [5.41, 5.74) is 1.79. The summed E-state index contributed by atoms with van der Waals surface area (Å²) in [4.78, 5) is 16.3. The molecule has 0 aliphatic heterocycles. The molecule has 0 saturated heterocycles. The SMILES string of the molecule is CN=C(NCCNC(=O)c1cccc(OC)c1)NCCc1ccc(OC)cc1. The van der Waals surface area contributed by atoms with Gasteiger partial charge in [0.25, 0.3) is 5.91 Å². The Balaban J connectivity index is 1.66. The number of amides is 1. The van der Waals surface area contributed by atoms with Crippen molar-refractivity contribution in [1.82, 2.24) is 16.0 Å². The van der Waals surface area contributed by atoms with Crippen LogP contribution < -0.4 is 25.4 Å². The van der Waals surface area contributed by atoms with Gasteiger partial charge in [-0.05, 0) is 42.3 Å². The average molecular weight is 384 g/mol. The van der Waals surface area contributed by atoms with Gasteiger partial charge in [-0.3, -0.25) is 9.79 Å². The molecule has 0 fully saturated rings. The van der Waals surface area contributed by atoms with Crippen molar-refractivity contribution in [1.29, 1.82) is 0 Å². The Morgan fingerprint density at radius 1 is 0.893 bits per heavy atom. The molecule has 7 heteroatoms. The summed E-state index contributed by atoms with van der Waals surface area (Å²) in [5.74, 6) is 2.07. The average Bonchev–Trinajstić information content (AvgIpc) is 2.75. The number of benzene rings is 2. The first kappa shape index (κ1) is 21.1. The third-order valence-corrected chi connectivity index (χ3v) is 4.12. The first-order valence-electron chi connectivity index (χ1n) is 9.16. The maximum absolute atomic E-state index is 12.2. The van der Waals surface area contributed by atoms with E-state index in [4.69, 9.17) is 9.47 Å². The highest BCUT2D eigenvalue weighted by Crippen LogP contribution is 2.12. The highest BCUT2D eigenvalue weighted by atomic mass is 16.5. The van der Waals surface area contributed by atoms with Crippen molar-refractivity contribution < 1.29 is 14.3 Å². The molecule has 2 aromatic rings. The van der Waals surface area contributed by atoms with Crippen molar-refractivity contribution in [3.05, 3.63) is 59.7 Å². The largest absolute Gasteiger partial charge is 0.497 e. The Labute approximate surface area is 166 Å². The van der Waals surface area contributed by atoms with E-state index in [1.807, 2.05) is 24.3 Å². The second-order valence-corrected chi connectivity index (χ2v) is 6.01. The lowest BCUT2D eigenvalue weighted by Crippen LogP contribution is -2.42. The van der Waals surface area contributed by atoms with E-state index in [9.17, 15) is 4.79 Å². The molecule has 0 bridgehead atoms. The molecule has 2 aromatic carbocycles. The van der Waals surface area contributed by atoms with Crippen LogP contribution in [0.2, 0.25) is 0 Å². The second kappa shape index (κ2) is 11.5. The molecular formula is C21H28N4O3. The minimum Gasteiger partial charge on any atom is -0.497 e. The quantitative estimate of drug-likeness (QED) is 0.349. The van der Waals surface area contributed by atoms with Crippen LogP contribution in [-0.4, -0.2) is 52.8 Å². The van der Waals surface area contributed by atoms with Gasteiger partial charge in [-0.15, -0.1) is 0 Å². The normalized spacial score (nSPS) is 10.9. The van der Waals surface area contributed by atoms with Gasteiger partial charge in [-0.2, -0.15) is 0 Å². The van der Waals surface area contributed by atoms with Crippen molar-refractivity contribution in [2.45, 2.75) is 6.42 Å². The summed E-state index contributed by atoms with van der Waals surface area (Å²) < 4.78 is 10.3. The van der Waals surface area contributed by atoms with Crippen LogP contribution in [0, 0.1) is 0 Å². The van der Waals surface area contributed by atoms with Gasteiger partial charge >= 0.3 is 0 Å². The third kappa shape index (κ3) is 6.83. The predicted octanol–water partition coefficient (Wildman–Crippen LogP) is 1.84. The molecule has 0 saturated carbocycles. The lowest BCUT2D eigenvalue weighted by molar-refractivity contribution is 0.0954. The van der Waals surface area contributed by atoms with E-state index in [-0.39, 0.29) is 5.91 Å². The van der Waals surface area contributed by atoms with Crippen LogP contribution in [0.5, 0.6) is 11.5 Å². The van der Waals surface area contributed by atoms with E-state index < -0.39 is 0 Å². The number of hydrogen-bond acceptors (Lipinski definition) is 4. The number of guanidine groups is 1. The molecule has 0 aliphatic carbocycles. The minimum atomic E-state index is -0.136. The summed E-state index contributed by atoms with van der Waals surface area (Å²) >= 11 is 0. The summed E-state index contributed by atoms with van der Waals surface area (Å²) in [5, 5.41) is 9.31. The Morgan fingerprint density at radius 3 is 2.25 bits per heavy atom. The smallest absolute Gasteiger partial charge is 0.251 e. The van der Waals surface area contributed by atoms with Gasteiger partial charge in [-0.1, -0.05) is 18.2 Å². The second-order valence-electron chi connectivity index (χ2n) is 6.01. The van der Waals surface area contributed by atoms with Gasteiger partial charge in [0.1, 0.15) is 11.5 Å². The first-order valence-corrected chi connectivity index (χ1v) is 9.16. The molecule has 0 radical (unpaired) electrons. The maximum atomic E-state index is 12.2. The maximum Gasteiger partial charge on any atom is 0.251 e. The number of methoxy groups -OCH3 is 2. The van der Waals surface area contributed by atoms with Gasteiger partial charge in [0.15, 0.2) is 5.96 Å². The zero-order valence-electron chi connectivity index (χ0n) is 16.6. The fourth-order valence-electron chi connectivity index (χ4n) is 2.56. The van der Waals surface area contributed by atoms with Crippen LogP contribution in [0.3, 0.4) is 0 Å². The summed E-state index contributed by atoms with van der Waals surface area (Å²) in [7, 11) is 4.96. The number of aliphatic imine (C=N–C) groups is 1. The third-order valence-electron chi connectivity index (χ3n) is 4.12. The van der Waals surface area contributed by atoms with E-state index in [0.717, 1.165) is 18.7 Å². The Morgan fingerprint density at radius 2 is 1.57 bits per heavy atom. The molecule has 7 nitrogen and oxygen atoms in total. The molecule has 0 atom stereocenters. The van der Waals surface area contributed by atoms with Crippen molar-refractivity contribution in [2.24, 2.45) is 4.99 Å². The van der Waals surface area contributed by atoms with Crippen LogP contribution >= 0.6 is 0 Å². The van der Waals surface area contributed by atoms with E-state index >= 15 is 0 Å². The van der Waals surface area contributed by atoms with Gasteiger partial charge in [0.05, 0.1) is 14.2 Å². The molecule has 28 heavy (non-hydrogen) atoms. The van der Waals surface area contributed by atoms with Crippen LogP contribution in [-0.2, 0) is 6.42 Å². The van der Waals surface area contributed by atoms with Crippen LogP contribution in [0.25, 0.3) is 0 Å². The summed E-state index contributed by atoms with van der Waals surface area (Å²) in [6.07, 6.45) is 0.872. The van der Waals surface area contributed by atoms with Crippen molar-refractivity contribution in [2.75, 3.05) is 40.9 Å². The molecule has 1 amide bonds. The van der Waals surface area contributed by atoms with E-state index in [0.29, 0.717) is 30.4 Å². The fourth-order valence-corrected chi connectivity index (χ4v) is 2.56. The predicted molar refractivity (Wildman–Crippen MR) is 111 cm³/mol. The summed E-state index contributed by atoms with van der Waals surface area (Å²) in [6, 6.07) is 15.1. The Hall–Kier alpha value is -3.22. The number of ether oxygens (including phenoxy) is 2. The van der Waals surface area contributed by atoms with Crippen LogP contribution in [0.1, 0.15) is 15.9 Å². The standard InChI is InChI=1S/C21H28N4O3/c1-22-21(24-12-11-16-7-9-18(27-2)10-8-16)25-14-13-23-20(26)17-5-4-6-19(15-17)28-3/h4-10,15H,11-14H2,1-3H3,(H,23,26)(H2,22,24,25). The molecule has 3 N–H and O–H groups in total. The first-order chi connectivity index (χ1) is 13.7. The number of carbonyl (C=O) groups excluding carboxylic acids is 1. The van der Waals surface area contributed by atoms with Crippen LogP contribution in [0.4, 0.5) is 0 Å². The van der Waals surface area contributed by atoms with Gasteiger partial charge in [0.2, 0.25) is 0 Å². The number of nitrogens with zero attached hydrogens (tertiary/aromatic N) is 1. The topological polar surface area (TPSA) is 84.0 Å². The van der Waals surface area contributed by atoms with E-state index in [1.54, 1.807) is 45.5 Å². The zero-order chi connectivity index (χ0) is 20.2. The molecule has 0 aliphatic rings. The molecule has 0 spiro atoms. The van der Waals surface area contributed by atoms with E-state index in [2.05, 4.69) is 20.9 Å². The number of rotatable bonds is 9. The number of carbonyl (C=O) groups is 1. The molecule has 0 unspecified atom stereocenters. The Bertz CT molecular complexity index is 775. The minimum absolute atomic E-state index is 0.136. The Kier molecular flexibility index (Phi) is 8.65. The van der Waals surface area contributed by atoms with Crippen molar-refractivity contribution in [3.63, 3.8) is 0 Å². The number of nitrogens with one attached hydrogen (secondary N) is 3. The van der Waals surface area contributed by atoms with Crippen LogP contribution in [0.15, 0.2) is 53.5 Å². The molecule has 150 valence electrons. The van der Waals surface area contributed by atoms with E-state index in [1.165, 1.54) is 5.56 Å². The van der Waals surface area contributed by atoms with Gasteiger partial charge in [0, 0.05) is 32.2 Å². The molecule has 2 rings (SSSR count). The summed E-state index contributed by atoms with van der Waals surface area (Å²) in [6.45, 7) is 1.80. The lowest BCUT2D eigenvalue weighted by atomic mass is 10.1. The highest BCUT2D eigenvalue weighted by molar-refractivity contribution is 5.94. The molecular weight excluding hydrogens is 356 g/mol. The monoisotopic (exact) mass is 384 g/mol. The van der Waals surface area contributed by atoms with Gasteiger partial charge < -0.3 is 25.4 Å². The van der Waals surface area contributed by atoms with Gasteiger partial charge in [-0.25, -0.2) is 0 Å². The molecule has 0 aromatic heterocycles. The van der Waals surface area contributed by atoms with Crippen molar-refractivity contribution >= 4 is 11.9 Å². The van der Waals surface area contributed by atoms with Crippen molar-refractivity contribution in [3.8, 4) is 11.5 Å². The lowest BCUT2D eigenvalue weighted by Gasteiger charge is -2.12. The zero-order valence-corrected chi connectivity index (χ0v) is 16.6. The highest BCUT2D eigenvalue weighted by Gasteiger charge is 2.06. The fraction of sp³-hybridized carbons (Fsp3) is 0.333. The molecule has 0 heterocycles.